The van der Waals surface area contributed by atoms with Crippen molar-refractivity contribution in [3.05, 3.63) is 62.9 Å². The van der Waals surface area contributed by atoms with Gasteiger partial charge >= 0.3 is 0 Å². The number of fused-ring (bicyclic) bond motifs is 2. The van der Waals surface area contributed by atoms with Gasteiger partial charge in [0.2, 0.25) is 0 Å². The predicted octanol–water partition coefficient (Wildman–Crippen LogP) is 3.63. The highest BCUT2D eigenvalue weighted by Crippen LogP contribution is 2.38. The third-order valence-electron chi connectivity index (χ3n) is 5.37. The number of hydrogen-bond acceptors (Lipinski definition) is 3. The first-order chi connectivity index (χ1) is 11.6. The number of rotatable bonds is 1. The molecule has 2 aliphatic rings. The van der Waals surface area contributed by atoms with Crippen LogP contribution in [0.4, 0.5) is 0 Å². The Kier molecular flexibility index (Phi) is 4.46. The standard InChI is InChI=1S/C20H24BrN3/c1-13-3-6-18-15(9-13)4-5-16-10-17(21)12-23-19(16)20(18)24-8-7-22-11-14(24)2/h3,6,9-10,12,14,20,22H,4-5,7-8,11H2,1-2H3. The molecular formula is C20H24BrN3. The van der Waals surface area contributed by atoms with Crippen molar-refractivity contribution in [1.82, 2.24) is 15.2 Å². The predicted molar refractivity (Wildman–Crippen MR) is 101 cm³/mol. The maximum absolute atomic E-state index is 4.88. The van der Waals surface area contributed by atoms with Crippen LogP contribution in [0, 0.1) is 6.92 Å². The first-order valence-electron chi connectivity index (χ1n) is 8.83. The number of aromatic nitrogens is 1. The van der Waals surface area contributed by atoms with Gasteiger partial charge in [-0.05, 0) is 65.4 Å². The second-order valence-corrected chi connectivity index (χ2v) is 8.01. The summed E-state index contributed by atoms with van der Waals surface area (Å²) in [6.07, 6.45) is 4.12. The number of aryl methyl sites for hydroxylation is 3. The van der Waals surface area contributed by atoms with Gasteiger partial charge in [0.25, 0.3) is 0 Å². The van der Waals surface area contributed by atoms with Crippen LogP contribution in [0.15, 0.2) is 34.9 Å². The molecule has 126 valence electrons. The smallest absolute Gasteiger partial charge is 0.0785 e. The van der Waals surface area contributed by atoms with Gasteiger partial charge < -0.3 is 5.32 Å². The highest BCUT2D eigenvalue weighted by molar-refractivity contribution is 9.10. The van der Waals surface area contributed by atoms with Crippen LogP contribution in [0.5, 0.6) is 0 Å². The summed E-state index contributed by atoms with van der Waals surface area (Å²) in [6.45, 7) is 7.67. The normalized spacial score (nSPS) is 24.1. The highest BCUT2D eigenvalue weighted by atomic mass is 79.9. The molecule has 1 aliphatic carbocycles. The van der Waals surface area contributed by atoms with E-state index in [0.717, 1.165) is 36.9 Å². The van der Waals surface area contributed by atoms with Crippen LogP contribution in [0.25, 0.3) is 0 Å². The zero-order chi connectivity index (χ0) is 16.7. The van der Waals surface area contributed by atoms with Crippen LogP contribution in [0.1, 0.15) is 40.9 Å². The molecule has 2 aromatic rings. The summed E-state index contributed by atoms with van der Waals surface area (Å²) in [5.41, 5.74) is 6.91. The van der Waals surface area contributed by atoms with E-state index in [1.54, 1.807) is 0 Å². The van der Waals surface area contributed by atoms with Crippen molar-refractivity contribution in [2.45, 2.75) is 38.8 Å². The van der Waals surface area contributed by atoms with Gasteiger partial charge in [0.05, 0.1) is 11.7 Å². The molecule has 1 aliphatic heterocycles. The van der Waals surface area contributed by atoms with E-state index in [4.69, 9.17) is 4.98 Å². The molecule has 0 spiro atoms. The van der Waals surface area contributed by atoms with E-state index >= 15 is 0 Å². The summed E-state index contributed by atoms with van der Waals surface area (Å²) in [7, 11) is 0. The Bertz CT molecular complexity index is 705. The van der Waals surface area contributed by atoms with Crippen molar-refractivity contribution in [3.63, 3.8) is 0 Å². The van der Waals surface area contributed by atoms with Gasteiger partial charge in [0.15, 0.2) is 0 Å². The zero-order valence-corrected chi connectivity index (χ0v) is 15.9. The minimum absolute atomic E-state index is 0.267. The molecule has 1 aromatic heterocycles. The SMILES string of the molecule is Cc1ccc2c(c1)CCc1cc(Br)cnc1C2N1CCNCC1C. The average Bonchev–Trinajstić information content (AvgIpc) is 2.72. The van der Waals surface area contributed by atoms with Crippen LogP contribution >= 0.6 is 15.9 Å². The Morgan fingerprint density at radius 1 is 1.21 bits per heavy atom. The van der Waals surface area contributed by atoms with Gasteiger partial charge in [-0.1, -0.05) is 23.8 Å². The third kappa shape index (κ3) is 2.92. The maximum Gasteiger partial charge on any atom is 0.0785 e. The average molecular weight is 386 g/mol. The fourth-order valence-electron chi connectivity index (χ4n) is 4.15. The number of nitrogens with one attached hydrogen (secondary N) is 1. The first-order valence-corrected chi connectivity index (χ1v) is 9.63. The van der Waals surface area contributed by atoms with E-state index in [1.807, 2.05) is 6.20 Å². The van der Waals surface area contributed by atoms with Crippen molar-refractivity contribution in [2.24, 2.45) is 0 Å². The number of pyridine rings is 1. The molecule has 0 saturated carbocycles. The fourth-order valence-corrected chi connectivity index (χ4v) is 4.53. The molecule has 2 heterocycles. The molecule has 1 saturated heterocycles. The lowest BCUT2D eigenvalue weighted by Crippen LogP contribution is -2.51. The Hall–Kier alpha value is -1.23. The number of benzene rings is 1. The van der Waals surface area contributed by atoms with Crippen LogP contribution < -0.4 is 5.32 Å². The molecule has 0 radical (unpaired) electrons. The lowest BCUT2D eigenvalue weighted by atomic mass is 9.93. The molecule has 0 amide bonds. The second kappa shape index (κ2) is 6.58. The van der Waals surface area contributed by atoms with E-state index in [1.165, 1.54) is 27.9 Å². The monoisotopic (exact) mass is 385 g/mol. The number of nitrogens with zero attached hydrogens (tertiary/aromatic N) is 2. The van der Waals surface area contributed by atoms with Gasteiger partial charge in [0.1, 0.15) is 0 Å². The largest absolute Gasteiger partial charge is 0.314 e. The number of hydrogen-bond donors (Lipinski definition) is 1. The third-order valence-corrected chi connectivity index (χ3v) is 5.80. The molecule has 4 rings (SSSR count). The molecule has 1 fully saturated rings. The minimum atomic E-state index is 0.267. The Morgan fingerprint density at radius 2 is 2.04 bits per heavy atom. The molecule has 2 unspecified atom stereocenters. The fraction of sp³-hybridized carbons (Fsp3) is 0.450. The van der Waals surface area contributed by atoms with Crippen molar-refractivity contribution in [2.75, 3.05) is 19.6 Å². The van der Waals surface area contributed by atoms with Crippen molar-refractivity contribution in [1.29, 1.82) is 0 Å². The number of halogens is 1. The molecule has 1 aromatic carbocycles. The van der Waals surface area contributed by atoms with E-state index in [-0.39, 0.29) is 6.04 Å². The van der Waals surface area contributed by atoms with Crippen molar-refractivity contribution >= 4 is 15.9 Å². The van der Waals surface area contributed by atoms with Crippen molar-refractivity contribution < 1.29 is 0 Å². The summed E-state index contributed by atoms with van der Waals surface area (Å²) >= 11 is 3.60. The highest BCUT2D eigenvalue weighted by Gasteiger charge is 2.33. The van der Waals surface area contributed by atoms with Gasteiger partial charge in [-0.3, -0.25) is 9.88 Å². The second-order valence-electron chi connectivity index (χ2n) is 7.09. The summed E-state index contributed by atoms with van der Waals surface area (Å²) in [5.74, 6) is 0. The van der Waals surface area contributed by atoms with Gasteiger partial charge in [-0.25, -0.2) is 0 Å². The quantitative estimate of drug-likeness (QED) is 0.811. The molecule has 3 nitrogen and oxygen atoms in total. The molecule has 1 N–H and O–H groups in total. The molecule has 24 heavy (non-hydrogen) atoms. The summed E-state index contributed by atoms with van der Waals surface area (Å²) in [4.78, 5) is 7.52. The Labute approximate surface area is 152 Å². The van der Waals surface area contributed by atoms with E-state index < -0.39 is 0 Å². The van der Waals surface area contributed by atoms with Crippen LogP contribution in [-0.4, -0.2) is 35.6 Å². The molecule has 0 bridgehead atoms. The topological polar surface area (TPSA) is 28.2 Å². The maximum atomic E-state index is 4.88. The van der Waals surface area contributed by atoms with Gasteiger partial charge in [-0.15, -0.1) is 0 Å². The number of piperazine rings is 1. The van der Waals surface area contributed by atoms with E-state index in [2.05, 4.69) is 64.3 Å². The van der Waals surface area contributed by atoms with Crippen LogP contribution in [-0.2, 0) is 12.8 Å². The van der Waals surface area contributed by atoms with Crippen molar-refractivity contribution in [3.8, 4) is 0 Å². The lowest BCUT2D eigenvalue weighted by molar-refractivity contribution is 0.134. The first kappa shape index (κ1) is 16.2. The molecule has 2 atom stereocenters. The van der Waals surface area contributed by atoms with E-state index in [9.17, 15) is 0 Å². The Morgan fingerprint density at radius 3 is 2.88 bits per heavy atom. The Balaban J connectivity index is 1.88. The van der Waals surface area contributed by atoms with Crippen LogP contribution in [0.3, 0.4) is 0 Å². The van der Waals surface area contributed by atoms with E-state index in [0.29, 0.717) is 6.04 Å². The summed E-state index contributed by atoms with van der Waals surface area (Å²) in [6, 6.07) is 10.0. The summed E-state index contributed by atoms with van der Waals surface area (Å²) in [5, 5.41) is 3.52. The zero-order valence-electron chi connectivity index (χ0n) is 14.3. The van der Waals surface area contributed by atoms with Crippen LogP contribution in [0.2, 0.25) is 0 Å². The lowest BCUT2D eigenvalue weighted by Gasteiger charge is -2.40. The molecular weight excluding hydrogens is 362 g/mol. The summed E-state index contributed by atoms with van der Waals surface area (Å²) < 4.78 is 1.08. The molecule has 4 heteroatoms. The van der Waals surface area contributed by atoms with Gasteiger partial charge in [-0.2, -0.15) is 0 Å². The van der Waals surface area contributed by atoms with Gasteiger partial charge in [0, 0.05) is 36.3 Å². The minimum Gasteiger partial charge on any atom is -0.314 e.